The minimum atomic E-state index is 0.101. The molecule has 2 bridgehead atoms. The molecule has 0 unspecified atom stereocenters. The highest BCUT2D eigenvalue weighted by atomic mass is 16.5. The number of piperidine rings is 1. The Morgan fingerprint density at radius 2 is 2.31 bits per heavy atom. The molecule has 3 aliphatic rings. The summed E-state index contributed by atoms with van der Waals surface area (Å²) in [6.07, 6.45) is 6.07. The van der Waals surface area contributed by atoms with Gasteiger partial charge in [-0.3, -0.25) is 9.69 Å². The highest BCUT2D eigenvalue weighted by Gasteiger charge is 2.51. The number of carbonyl (C=O) groups is 1. The highest BCUT2D eigenvalue weighted by molar-refractivity contribution is 5.98. The van der Waals surface area contributed by atoms with Crippen molar-refractivity contribution >= 4 is 5.78 Å². The van der Waals surface area contributed by atoms with Gasteiger partial charge >= 0.3 is 0 Å². The van der Waals surface area contributed by atoms with E-state index in [1.165, 1.54) is 6.42 Å². The van der Waals surface area contributed by atoms with Gasteiger partial charge in [-0.05, 0) is 26.3 Å². The van der Waals surface area contributed by atoms with Gasteiger partial charge in [0.1, 0.15) is 6.10 Å². The van der Waals surface area contributed by atoms with Gasteiger partial charge in [0, 0.05) is 24.1 Å². The maximum atomic E-state index is 12.3. The fraction of sp³-hybridized carbons (Fsp3) is 0.769. The van der Waals surface area contributed by atoms with E-state index in [0.29, 0.717) is 17.9 Å². The predicted molar refractivity (Wildman–Crippen MR) is 60.9 cm³/mol. The second-order valence-electron chi connectivity index (χ2n) is 5.26. The van der Waals surface area contributed by atoms with Crippen molar-refractivity contribution in [2.45, 2.75) is 50.8 Å². The molecule has 0 radical (unpaired) electrons. The third-order valence-electron chi connectivity index (χ3n) is 4.60. The van der Waals surface area contributed by atoms with Crippen LogP contribution in [0.25, 0.3) is 0 Å². The summed E-state index contributed by atoms with van der Waals surface area (Å²) in [5.74, 6) is 0.444. The van der Waals surface area contributed by atoms with Crippen molar-refractivity contribution in [2.24, 2.45) is 5.92 Å². The van der Waals surface area contributed by atoms with Gasteiger partial charge in [0.15, 0.2) is 5.78 Å². The SMILES string of the molecule is CCC1=CO[C@H]2C[C@@H]3CC[C@H]([C@H]2C1=O)N3C. The normalized spacial score (nSPS) is 42.6. The summed E-state index contributed by atoms with van der Waals surface area (Å²) in [6, 6.07) is 1.06. The second kappa shape index (κ2) is 3.59. The van der Waals surface area contributed by atoms with Crippen molar-refractivity contribution in [1.82, 2.24) is 4.90 Å². The van der Waals surface area contributed by atoms with E-state index < -0.39 is 0 Å². The van der Waals surface area contributed by atoms with E-state index in [0.717, 1.165) is 24.8 Å². The van der Waals surface area contributed by atoms with Crippen LogP contribution in [-0.2, 0) is 9.53 Å². The maximum absolute atomic E-state index is 12.3. The fourth-order valence-electron chi connectivity index (χ4n) is 3.60. The van der Waals surface area contributed by atoms with E-state index in [1.807, 2.05) is 6.92 Å². The van der Waals surface area contributed by atoms with Gasteiger partial charge in [0.25, 0.3) is 0 Å². The number of carbonyl (C=O) groups excluding carboxylic acids is 1. The fourth-order valence-corrected chi connectivity index (χ4v) is 3.60. The Labute approximate surface area is 96.4 Å². The molecular formula is C13H19NO2. The van der Waals surface area contributed by atoms with Crippen LogP contribution in [0, 0.1) is 5.92 Å². The first-order valence-corrected chi connectivity index (χ1v) is 6.33. The van der Waals surface area contributed by atoms with Crippen LogP contribution < -0.4 is 0 Å². The molecule has 16 heavy (non-hydrogen) atoms. The van der Waals surface area contributed by atoms with E-state index in [1.54, 1.807) is 6.26 Å². The van der Waals surface area contributed by atoms with Crippen LogP contribution in [0.4, 0.5) is 0 Å². The summed E-state index contributed by atoms with van der Waals surface area (Å²) in [7, 11) is 2.16. The molecule has 0 N–H and O–H groups in total. The zero-order chi connectivity index (χ0) is 11.3. The average molecular weight is 221 g/mol. The largest absolute Gasteiger partial charge is 0.497 e. The average Bonchev–Trinajstić information content (AvgIpc) is 2.52. The van der Waals surface area contributed by atoms with Crippen LogP contribution in [0.15, 0.2) is 11.8 Å². The molecule has 0 aromatic rings. The topological polar surface area (TPSA) is 29.5 Å². The van der Waals surface area contributed by atoms with Gasteiger partial charge in [-0.1, -0.05) is 6.92 Å². The van der Waals surface area contributed by atoms with E-state index in [2.05, 4.69) is 11.9 Å². The molecule has 3 heterocycles. The number of ketones is 1. The Kier molecular flexibility index (Phi) is 2.32. The van der Waals surface area contributed by atoms with Crippen LogP contribution >= 0.6 is 0 Å². The lowest BCUT2D eigenvalue weighted by atomic mass is 9.80. The molecule has 0 spiro atoms. The molecule has 3 rings (SSSR count). The zero-order valence-electron chi connectivity index (χ0n) is 9.98. The third-order valence-corrected chi connectivity index (χ3v) is 4.60. The Morgan fingerprint density at radius 3 is 3.06 bits per heavy atom. The first kappa shape index (κ1) is 10.3. The molecule has 88 valence electrons. The summed E-state index contributed by atoms with van der Waals surface area (Å²) >= 11 is 0. The monoisotopic (exact) mass is 221 g/mol. The number of Topliss-reactive ketones (excluding diaryl/α,β-unsaturated/α-hetero) is 1. The van der Waals surface area contributed by atoms with Gasteiger partial charge in [0.05, 0.1) is 12.2 Å². The smallest absolute Gasteiger partial charge is 0.170 e. The van der Waals surface area contributed by atoms with Crippen LogP contribution in [0.5, 0.6) is 0 Å². The first-order chi connectivity index (χ1) is 7.72. The Hall–Kier alpha value is -0.830. The van der Waals surface area contributed by atoms with Gasteiger partial charge in [-0.2, -0.15) is 0 Å². The molecule has 2 saturated heterocycles. The highest BCUT2D eigenvalue weighted by Crippen LogP contribution is 2.42. The number of hydrogen-bond acceptors (Lipinski definition) is 3. The molecule has 0 aliphatic carbocycles. The van der Waals surface area contributed by atoms with Crippen LogP contribution in [0.2, 0.25) is 0 Å². The minimum absolute atomic E-state index is 0.101. The minimum Gasteiger partial charge on any atom is -0.497 e. The van der Waals surface area contributed by atoms with Crippen LogP contribution in [-0.4, -0.2) is 35.9 Å². The summed E-state index contributed by atoms with van der Waals surface area (Å²) in [6.45, 7) is 2.03. The molecule has 3 heteroatoms. The molecule has 0 aromatic carbocycles. The van der Waals surface area contributed by atoms with Gasteiger partial charge in [-0.25, -0.2) is 0 Å². The third kappa shape index (κ3) is 1.27. The van der Waals surface area contributed by atoms with Crippen molar-refractivity contribution in [1.29, 1.82) is 0 Å². The quantitative estimate of drug-likeness (QED) is 0.675. The standard InChI is InChI=1S/C13H19NO2/c1-3-8-7-16-11-6-9-4-5-10(14(9)2)12(11)13(8)15/h7,9-12H,3-6H2,1-2H3/t9-,10+,11-,12+/m0/s1. The predicted octanol–water partition coefficient (Wildman–Crippen LogP) is 1.73. The second-order valence-corrected chi connectivity index (χ2v) is 5.26. The maximum Gasteiger partial charge on any atom is 0.170 e. The summed E-state index contributed by atoms with van der Waals surface area (Å²) in [5.41, 5.74) is 0.875. The van der Waals surface area contributed by atoms with Crippen LogP contribution in [0.1, 0.15) is 32.6 Å². The Bertz CT molecular complexity index is 350. The van der Waals surface area contributed by atoms with E-state index in [9.17, 15) is 4.79 Å². The van der Waals surface area contributed by atoms with Crippen LogP contribution in [0.3, 0.4) is 0 Å². The van der Waals surface area contributed by atoms with Gasteiger partial charge in [0.2, 0.25) is 0 Å². The molecule has 3 aliphatic heterocycles. The lowest BCUT2D eigenvalue weighted by Crippen LogP contribution is -2.54. The number of fused-ring (bicyclic) bond motifs is 4. The van der Waals surface area contributed by atoms with E-state index in [-0.39, 0.29) is 12.0 Å². The molecule has 0 saturated carbocycles. The molecule has 4 atom stereocenters. The molecular weight excluding hydrogens is 202 g/mol. The summed E-state index contributed by atoms with van der Waals surface area (Å²) < 4.78 is 5.78. The van der Waals surface area contributed by atoms with Crippen molar-refractivity contribution in [2.75, 3.05) is 7.05 Å². The van der Waals surface area contributed by atoms with Gasteiger partial charge < -0.3 is 4.74 Å². The van der Waals surface area contributed by atoms with Crippen molar-refractivity contribution in [3.05, 3.63) is 11.8 Å². The summed E-state index contributed by atoms with van der Waals surface area (Å²) in [5, 5.41) is 0. The number of rotatable bonds is 1. The van der Waals surface area contributed by atoms with E-state index in [4.69, 9.17) is 4.74 Å². The molecule has 2 fully saturated rings. The molecule has 3 nitrogen and oxygen atoms in total. The number of ether oxygens (including phenoxy) is 1. The molecule has 0 amide bonds. The molecule has 0 aromatic heterocycles. The Balaban J connectivity index is 1.92. The zero-order valence-corrected chi connectivity index (χ0v) is 9.98. The number of hydrogen-bond donors (Lipinski definition) is 0. The number of nitrogens with zero attached hydrogens (tertiary/aromatic N) is 1. The van der Waals surface area contributed by atoms with E-state index >= 15 is 0 Å². The lowest BCUT2D eigenvalue weighted by molar-refractivity contribution is -0.132. The Morgan fingerprint density at radius 1 is 1.50 bits per heavy atom. The van der Waals surface area contributed by atoms with Crippen molar-refractivity contribution in [3.63, 3.8) is 0 Å². The van der Waals surface area contributed by atoms with Crippen molar-refractivity contribution < 1.29 is 9.53 Å². The van der Waals surface area contributed by atoms with Crippen molar-refractivity contribution in [3.8, 4) is 0 Å². The lowest BCUT2D eigenvalue weighted by Gasteiger charge is -2.43. The number of allylic oxidation sites excluding steroid dienone is 1. The van der Waals surface area contributed by atoms with Gasteiger partial charge in [-0.15, -0.1) is 0 Å². The summed E-state index contributed by atoms with van der Waals surface area (Å²) in [4.78, 5) is 14.8. The first-order valence-electron chi connectivity index (χ1n) is 6.33.